The van der Waals surface area contributed by atoms with Crippen LogP contribution in [0.2, 0.25) is 0 Å². The summed E-state index contributed by atoms with van der Waals surface area (Å²) in [5, 5.41) is 16.0. The summed E-state index contributed by atoms with van der Waals surface area (Å²) in [5.74, 6) is -2.94. The third-order valence-corrected chi connectivity index (χ3v) is 9.71. The molecule has 1 N–H and O–H groups in total. The highest BCUT2D eigenvalue weighted by molar-refractivity contribution is 6.20. The fourth-order valence-electron chi connectivity index (χ4n) is 7.42. The van der Waals surface area contributed by atoms with Gasteiger partial charge in [0.05, 0.1) is 17.5 Å². The number of hydrogen-bond acceptors (Lipinski definition) is 8. The van der Waals surface area contributed by atoms with Crippen LogP contribution in [0.15, 0.2) is 76.8 Å². The van der Waals surface area contributed by atoms with Crippen LogP contribution >= 0.6 is 0 Å². The maximum atomic E-state index is 15.6. The maximum absolute atomic E-state index is 15.6. The molecule has 4 atom stereocenters. The number of carbonyl (C=O) groups is 2. The number of halogens is 1. The van der Waals surface area contributed by atoms with Crippen molar-refractivity contribution in [2.24, 2.45) is 17.8 Å². The van der Waals surface area contributed by atoms with Gasteiger partial charge in [0.1, 0.15) is 36.1 Å². The number of aromatic nitrogens is 1. The van der Waals surface area contributed by atoms with Crippen LogP contribution in [0.1, 0.15) is 63.3 Å². The molecule has 7 rings (SSSR count). The minimum atomic E-state index is -1.08. The molecule has 0 amide bonds. The molecule has 0 bridgehead atoms. The monoisotopic (exact) mass is 622 g/mol. The number of benzene rings is 3. The Balaban J connectivity index is 1.28. The van der Waals surface area contributed by atoms with Crippen LogP contribution in [0.3, 0.4) is 0 Å². The normalized spacial score (nSPS) is 21.8. The summed E-state index contributed by atoms with van der Waals surface area (Å²) in [6.07, 6.45) is 0.576. The van der Waals surface area contributed by atoms with E-state index in [1.165, 1.54) is 6.07 Å². The van der Waals surface area contributed by atoms with E-state index in [1.54, 1.807) is 6.92 Å². The molecule has 0 radical (unpaired) electrons. The van der Waals surface area contributed by atoms with Gasteiger partial charge in [-0.2, -0.15) is 0 Å². The average molecular weight is 623 g/mol. The van der Waals surface area contributed by atoms with Crippen molar-refractivity contribution in [3.8, 4) is 11.6 Å². The number of hydrogen-bond donors (Lipinski definition) is 1. The van der Waals surface area contributed by atoms with Crippen molar-refractivity contribution in [2.45, 2.75) is 45.9 Å². The van der Waals surface area contributed by atoms with Crippen LogP contribution in [0.4, 0.5) is 4.39 Å². The van der Waals surface area contributed by atoms with Crippen LogP contribution in [0.25, 0.3) is 5.76 Å². The molecule has 1 aromatic heterocycles. The lowest BCUT2D eigenvalue weighted by Crippen LogP contribution is -2.50. The second-order valence-electron chi connectivity index (χ2n) is 12.4. The SMILES string of the molecule is CCN(C)[C@@H]1c2onc(OCc3ccccc3)c2C(=O)C2C(=O)C3=C(O)c4c(c(F)cc(C)c4OCc4ccccc4)C[C@H]3C[C@H]21. The summed E-state index contributed by atoms with van der Waals surface area (Å²) < 4.78 is 33.6. The summed E-state index contributed by atoms with van der Waals surface area (Å²) in [6.45, 7) is 4.70. The molecule has 1 saturated carbocycles. The molecule has 3 aromatic carbocycles. The number of aliphatic hydroxyl groups is 1. The minimum absolute atomic E-state index is 0.0493. The number of fused-ring (bicyclic) bond motifs is 4. The first-order valence-corrected chi connectivity index (χ1v) is 15.7. The molecule has 3 aliphatic rings. The molecular weight excluding hydrogens is 587 g/mol. The van der Waals surface area contributed by atoms with Crippen molar-refractivity contribution in [2.75, 3.05) is 13.6 Å². The highest BCUT2D eigenvalue weighted by Crippen LogP contribution is 2.55. The topological polar surface area (TPSA) is 102 Å². The molecule has 236 valence electrons. The third kappa shape index (κ3) is 4.90. The molecule has 4 aromatic rings. The summed E-state index contributed by atoms with van der Waals surface area (Å²) in [5.41, 5.74) is 3.13. The Morgan fingerprint density at radius 3 is 2.28 bits per heavy atom. The number of Topliss-reactive ketones (excluding diaryl/α,β-unsaturated/α-hetero) is 2. The van der Waals surface area contributed by atoms with Crippen molar-refractivity contribution >= 4 is 17.3 Å². The molecule has 0 aliphatic heterocycles. The van der Waals surface area contributed by atoms with E-state index in [1.807, 2.05) is 79.5 Å². The van der Waals surface area contributed by atoms with Gasteiger partial charge in [-0.15, -0.1) is 0 Å². The largest absolute Gasteiger partial charge is 0.507 e. The Labute approximate surface area is 266 Å². The number of carbonyl (C=O) groups excluding carboxylic acids is 2. The van der Waals surface area contributed by atoms with Gasteiger partial charge in [0.15, 0.2) is 17.3 Å². The molecule has 0 saturated heterocycles. The van der Waals surface area contributed by atoms with E-state index in [0.717, 1.165) is 11.1 Å². The number of nitrogens with zero attached hydrogens (tertiary/aromatic N) is 2. The molecule has 0 spiro atoms. The van der Waals surface area contributed by atoms with Crippen molar-refractivity contribution < 1.29 is 33.1 Å². The fourth-order valence-corrected chi connectivity index (χ4v) is 7.42. The first kappa shape index (κ1) is 29.9. The van der Waals surface area contributed by atoms with Crippen LogP contribution in [-0.2, 0) is 24.4 Å². The van der Waals surface area contributed by atoms with Gasteiger partial charge in [-0.3, -0.25) is 14.5 Å². The van der Waals surface area contributed by atoms with E-state index in [-0.39, 0.29) is 48.0 Å². The second kappa shape index (κ2) is 11.9. The average Bonchev–Trinajstić information content (AvgIpc) is 3.48. The predicted octanol–water partition coefficient (Wildman–Crippen LogP) is 6.82. The van der Waals surface area contributed by atoms with Crippen molar-refractivity contribution in [3.05, 3.63) is 117 Å². The van der Waals surface area contributed by atoms with E-state index < -0.39 is 41.2 Å². The van der Waals surface area contributed by atoms with Crippen LogP contribution in [-0.4, -0.2) is 40.3 Å². The van der Waals surface area contributed by atoms with Gasteiger partial charge in [-0.05, 0) is 73.1 Å². The smallest absolute Gasteiger partial charge is 0.265 e. The maximum Gasteiger partial charge on any atom is 0.265 e. The van der Waals surface area contributed by atoms with Crippen LogP contribution in [0, 0.1) is 30.5 Å². The van der Waals surface area contributed by atoms with Gasteiger partial charge in [0.25, 0.3) is 5.88 Å². The first-order chi connectivity index (χ1) is 22.3. The highest BCUT2D eigenvalue weighted by atomic mass is 19.1. The van der Waals surface area contributed by atoms with Crippen molar-refractivity contribution in [1.82, 2.24) is 10.1 Å². The lowest BCUT2D eigenvalue weighted by atomic mass is 9.59. The molecule has 1 unspecified atom stereocenters. The number of aliphatic hydroxyl groups excluding tert-OH is 1. The molecule has 1 heterocycles. The first-order valence-electron chi connectivity index (χ1n) is 15.7. The Hall–Kier alpha value is -4.76. The van der Waals surface area contributed by atoms with Crippen LogP contribution < -0.4 is 9.47 Å². The molecular formula is C37H35FN2O6. The van der Waals surface area contributed by atoms with E-state index in [2.05, 4.69) is 5.16 Å². The fraction of sp³-hybridized carbons (Fsp3) is 0.324. The third-order valence-electron chi connectivity index (χ3n) is 9.71. The number of ether oxygens (including phenoxy) is 2. The number of aryl methyl sites for hydroxylation is 1. The molecule has 1 fully saturated rings. The van der Waals surface area contributed by atoms with E-state index in [4.69, 9.17) is 14.0 Å². The Morgan fingerprint density at radius 2 is 1.63 bits per heavy atom. The second-order valence-corrected chi connectivity index (χ2v) is 12.4. The van der Waals surface area contributed by atoms with Crippen molar-refractivity contribution in [3.63, 3.8) is 0 Å². The quantitative estimate of drug-likeness (QED) is 0.214. The molecule has 9 heteroatoms. The van der Waals surface area contributed by atoms with E-state index in [9.17, 15) is 14.7 Å². The Bertz CT molecular complexity index is 1850. The minimum Gasteiger partial charge on any atom is -0.507 e. The summed E-state index contributed by atoms with van der Waals surface area (Å²) in [6, 6.07) is 20.0. The van der Waals surface area contributed by atoms with Gasteiger partial charge in [0.2, 0.25) is 0 Å². The predicted molar refractivity (Wildman–Crippen MR) is 168 cm³/mol. The number of rotatable bonds is 8. The zero-order valence-corrected chi connectivity index (χ0v) is 26.0. The molecule has 3 aliphatic carbocycles. The summed E-state index contributed by atoms with van der Waals surface area (Å²) >= 11 is 0. The number of allylic oxidation sites excluding steroid dienone is 1. The van der Waals surface area contributed by atoms with Gasteiger partial charge < -0.3 is 19.1 Å². The van der Waals surface area contributed by atoms with Gasteiger partial charge >= 0.3 is 0 Å². The standard InChI is InChI=1S/C37H35FN2O6/c1-4-40(3)31-25-17-23-16-24-26(38)15-20(2)35(44-18-21-11-7-5-8-12-21)29(24)33(42)27(23)32(41)28(25)34(43)30-36(31)46-39-37(30)45-19-22-13-9-6-10-14-22/h5-15,23,25,28,31,42H,4,16-19H2,1-3H3/t23-,25+,28?,31-/m0/s1. The Kier molecular flexibility index (Phi) is 7.72. The lowest BCUT2D eigenvalue weighted by molar-refractivity contribution is -0.123. The number of ketones is 2. The summed E-state index contributed by atoms with van der Waals surface area (Å²) in [7, 11) is 1.91. The zero-order chi connectivity index (χ0) is 32.1. The summed E-state index contributed by atoms with van der Waals surface area (Å²) in [4.78, 5) is 30.8. The van der Waals surface area contributed by atoms with Crippen molar-refractivity contribution in [1.29, 1.82) is 0 Å². The van der Waals surface area contributed by atoms with Gasteiger partial charge in [-0.25, -0.2) is 4.39 Å². The van der Waals surface area contributed by atoms with Gasteiger partial charge in [-0.1, -0.05) is 67.6 Å². The lowest BCUT2D eigenvalue weighted by Gasteiger charge is -2.45. The highest BCUT2D eigenvalue weighted by Gasteiger charge is 2.57. The van der Waals surface area contributed by atoms with Crippen LogP contribution in [0.5, 0.6) is 11.6 Å². The molecule has 8 nitrogen and oxygen atoms in total. The van der Waals surface area contributed by atoms with Gasteiger partial charge in [0, 0.05) is 11.1 Å². The zero-order valence-electron chi connectivity index (χ0n) is 26.0. The van der Waals surface area contributed by atoms with E-state index in [0.29, 0.717) is 35.6 Å². The Morgan fingerprint density at radius 1 is 0.978 bits per heavy atom. The van der Waals surface area contributed by atoms with E-state index >= 15 is 4.39 Å². The molecule has 46 heavy (non-hydrogen) atoms.